The molecule has 35 heavy (non-hydrogen) atoms. The molecule has 0 saturated carbocycles. The molecule has 0 fully saturated rings. The molecule has 0 aliphatic rings. The molecule has 3 rings (SSSR count). The van der Waals surface area contributed by atoms with E-state index in [0.717, 1.165) is 7.14 Å². The maximum absolute atomic E-state index is 13.4. The van der Waals surface area contributed by atoms with E-state index >= 15 is 0 Å². The van der Waals surface area contributed by atoms with Crippen LogP contribution in [-0.2, 0) is 16.1 Å². The highest BCUT2D eigenvalue weighted by Gasteiger charge is 2.14. The molecule has 0 saturated heterocycles. The Morgan fingerprint density at radius 2 is 1.77 bits per heavy atom. The third-order valence-corrected chi connectivity index (χ3v) is 6.23. The van der Waals surface area contributed by atoms with Gasteiger partial charge in [-0.05, 0) is 118 Å². The van der Waals surface area contributed by atoms with E-state index in [1.165, 1.54) is 30.3 Å². The number of nitrogens with zero attached hydrogens (tertiary/aromatic N) is 1. The van der Waals surface area contributed by atoms with E-state index in [9.17, 15) is 19.2 Å². The summed E-state index contributed by atoms with van der Waals surface area (Å²) in [5.74, 6) is -0.714. The summed E-state index contributed by atoms with van der Waals surface area (Å²) >= 11 is 4.23. The van der Waals surface area contributed by atoms with Crippen LogP contribution < -0.4 is 10.1 Å². The first-order valence-electron chi connectivity index (χ1n) is 10.4. The summed E-state index contributed by atoms with van der Waals surface area (Å²) in [7, 11) is 0. The normalized spacial score (nSPS) is 10.9. The predicted molar refractivity (Wildman–Crippen MR) is 147 cm³/mol. The molecule has 0 radical (unpaired) electrons. The van der Waals surface area contributed by atoms with E-state index in [-0.39, 0.29) is 24.6 Å². The van der Waals surface area contributed by atoms with Crippen LogP contribution in [0.5, 0.6) is 5.75 Å². The average Bonchev–Trinajstić information content (AvgIpc) is 2.82. The first kappa shape index (κ1) is 26.6. The summed E-state index contributed by atoms with van der Waals surface area (Å²) in [6, 6.07) is 17.9. The van der Waals surface area contributed by atoms with Crippen molar-refractivity contribution < 1.29 is 23.5 Å². The summed E-state index contributed by atoms with van der Waals surface area (Å²) < 4.78 is 25.8. The van der Waals surface area contributed by atoms with Crippen molar-refractivity contribution in [2.24, 2.45) is 0 Å². The van der Waals surface area contributed by atoms with Crippen LogP contribution in [0.25, 0.3) is 6.08 Å². The third kappa shape index (κ3) is 7.50. The topological polar surface area (TPSA) is 88.4 Å². The van der Waals surface area contributed by atoms with Crippen molar-refractivity contribution >= 4 is 68.8 Å². The van der Waals surface area contributed by atoms with E-state index in [0.29, 0.717) is 28.1 Å². The molecule has 178 valence electrons. The van der Waals surface area contributed by atoms with Crippen molar-refractivity contribution in [2.75, 3.05) is 11.9 Å². The molecule has 0 spiro atoms. The average molecular weight is 696 g/mol. The molecule has 0 aromatic heterocycles. The number of anilines is 1. The summed E-state index contributed by atoms with van der Waals surface area (Å²) in [6.07, 6.45) is 1.49. The number of rotatable bonds is 8. The Morgan fingerprint density at radius 3 is 2.37 bits per heavy atom. The highest BCUT2D eigenvalue weighted by atomic mass is 127. The minimum atomic E-state index is -0.576. The quantitative estimate of drug-likeness (QED) is 0.129. The van der Waals surface area contributed by atoms with Gasteiger partial charge in [-0.25, -0.2) is 9.18 Å². The third-order valence-electron chi connectivity index (χ3n) is 4.62. The summed E-state index contributed by atoms with van der Waals surface area (Å²) in [6.45, 7) is 2.20. The number of carbonyl (C=O) groups excluding carboxylic acids is 2. The lowest BCUT2D eigenvalue weighted by Gasteiger charge is -2.12. The fraction of sp³-hybridized carbons (Fsp3) is 0.115. The first-order valence-corrected chi connectivity index (χ1v) is 12.5. The zero-order valence-electron chi connectivity index (χ0n) is 18.5. The molecule has 0 atom stereocenters. The monoisotopic (exact) mass is 696 g/mol. The van der Waals surface area contributed by atoms with Crippen molar-refractivity contribution in [3.63, 3.8) is 0 Å². The molecule has 0 heterocycles. The minimum Gasteiger partial charge on any atom is -0.487 e. The van der Waals surface area contributed by atoms with Crippen molar-refractivity contribution in [2.45, 2.75) is 13.5 Å². The van der Waals surface area contributed by atoms with E-state index in [1.54, 1.807) is 43.3 Å². The van der Waals surface area contributed by atoms with E-state index in [4.69, 9.17) is 9.47 Å². The fourth-order valence-corrected chi connectivity index (χ4v) is 5.13. The van der Waals surface area contributed by atoms with Crippen molar-refractivity contribution in [3.8, 4) is 11.8 Å². The second kappa shape index (κ2) is 12.6. The van der Waals surface area contributed by atoms with Gasteiger partial charge in [0.1, 0.15) is 29.8 Å². The molecule has 9 heteroatoms. The zero-order chi connectivity index (χ0) is 25.4. The van der Waals surface area contributed by atoms with E-state index in [1.807, 2.05) is 6.07 Å². The van der Waals surface area contributed by atoms with Crippen LogP contribution in [0.15, 0.2) is 66.2 Å². The van der Waals surface area contributed by atoms with Crippen molar-refractivity contribution in [1.82, 2.24) is 0 Å². The Bertz CT molecular complexity index is 1290. The number of carbonyl (C=O) groups is 2. The van der Waals surface area contributed by atoms with Gasteiger partial charge in [-0.2, -0.15) is 5.26 Å². The van der Waals surface area contributed by atoms with Crippen LogP contribution >= 0.6 is 45.2 Å². The number of nitriles is 1. The standard InChI is InChI=1S/C26H19FI2N2O4/c1-2-34-26(33)18-6-8-21(9-7-18)31-25(32)19(14-30)10-17-12-22(28)24(23(29)13-17)35-15-16-4-3-5-20(27)11-16/h3-13H,2,15H2,1H3,(H,31,32)/b19-10+. The summed E-state index contributed by atoms with van der Waals surface area (Å²) in [4.78, 5) is 24.4. The van der Waals surface area contributed by atoms with Crippen molar-refractivity contribution in [3.05, 3.63) is 95.9 Å². The maximum atomic E-state index is 13.4. The molecule has 6 nitrogen and oxygen atoms in total. The fourth-order valence-electron chi connectivity index (χ4n) is 3.00. The number of nitrogens with one attached hydrogen (secondary N) is 1. The van der Waals surface area contributed by atoms with Crippen LogP contribution in [0.3, 0.4) is 0 Å². The van der Waals surface area contributed by atoms with Crippen LogP contribution in [0.1, 0.15) is 28.4 Å². The zero-order valence-corrected chi connectivity index (χ0v) is 22.8. The van der Waals surface area contributed by atoms with Gasteiger partial charge in [0.05, 0.1) is 19.3 Å². The smallest absolute Gasteiger partial charge is 0.338 e. The van der Waals surface area contributed by atoms with Gasteiger partial charge in [0.15, 0.2) is 0 Å². The van der Waals surface area contributed by atoms with Gasteiger partial charge >= 0.3 is 5.97 Å². The van der Waals surface area contributed by atoms with Crippen molar-refractivity contribution in [1.29, 1.82) is 5.26 Å². The highest BCUT2D eigenvalue weighted by molar-refractivity contribution is 14.1. The number of halogens is 3. The molecule has 1 amide bonds. The van der Waals surface area contributed by atoms with Gasteiger partial charge in [0.25, 0.3) is 5.91 Å². The van der Waals surface area contributed by atoms with Crippen LogP contribution in [0.4, 0.5) is 10.1 Å². The molecular formula is C26H19FI2N2O4. The van der Waals surface area contributed by atoms with Gasteiger partial charge in [0.2, 0.25) is 0 Å². The minimum absolute atomic E-state index is 0.0838. The largest absolute Gasteiger partial charge is 0.487 e. The van der Waals surface area contributed by atoms with E-state index in [2.05, 4.69) is 50.5 Å². The molecule has 0 bridgehead atoms. The lowest BCUT2D eigenvalue weighted by molar-refractivity contribution is -0.112. The Balaban J connectivity index is 1.72. The van der Waals surface area contributed by atoms with Gasteiger partial charge < -0.3 is 14.8 Å². The Hall–Kier alpha value is -2.98. The Labute approximate surface area is 229 Å². The molecule has 1 N–H and O–H groups in total. The molecule has 0 aliphatic carbocycles. The molecule has 0 aliphatic heterocycles. The lowest BCUT2D eigenvalue weighted by Crippen LogP contribution is -2.13. The Morgan fingerprint density at radius 1 is 1.09 bits per heavy atom. The molecule has 3 aromatic carbocycles. The van der Waals surface area contributed by atoms with Crippen LogP contribution in [0.2, 0.25) is 0 Å². The first-order chi connectivity index (χ1) is 16.8. The predicted octanol–water partition coefficient (Wildman–Crippen LogP) is 6.34. The maximum Gasteiger partial charge on any atom is 0.338 e. The number of esters is 1. The lowest BCUT2D eigenvalue weighted by atomic mass is 10.1. The summed E-state index contributed by atoms with van der Waals surface area (Å²) in [5, 5.41) is 12.2. The Kier molecular flexibility index (Phi) is 9.62. The van der Waals surface area contributed by atoms with Gasteiger partial charge in [-0.3, -0.25) is 4.79 Å². The number of benzene rings is 3. The van der Waals surface area contributed by atoms with Gasteiger partial charge in [-0.15, -0.1) is 0 Å². The number of ether oxygens (including phenoxy) is 2. The van der Waals surface area contributed by atoms with Gasteiger partial charge in [-0.1, -0.05) is 12.1 Å². The molecule has 0 unspecified atom stereocenters. The highest BCUT2D eigenvalue weighted by Crippen LogP contribution is 2.30. The SMILES string of the molecule is CCOC(=O)c1ccc(NC(=O)/C(C#N)=C/c2cc(I)c(OCc3cccc(F)c3)c(I)c2)cc1. The second-order valence-electron chi connectivity index (χ2n) is 7.15. The van der Waals surface area contributed by atoms with E-state index < -0.39 is 11.9 Å². The number of hydrogen-bond acceptors (Lipinski definition) is 5. The number of hydrogen-bond donors (Lipinski definition) is 1. The number of amides is 1. The molecular weight excluding hydrogens is 677 g/mol. The summed E-state index contributed by atoms with van der Waals surface area (Å²) in [5.41, 5.74) is 2.08. The van der Waals surface area contributed by atoms with Crippen LogP contribution in [-0.4, -0.2) is 18.5 Å². The second-order valence-corrected chi connectivity index (χ2v) is 9.48. The van der Waals surface area contributed by atoms with Crippen LogP contribution in [0, 0.1) is 24.3 Å². The molecule has 3 aromatic rings. The van der Waals surface area contributed by atoms with Gasteiger partial charge in [0, 0.05) is 5.69 Å².